The van der Waals surface area contributed by atoms with E-state index >= 15 is 0 Å². The van der Waals surface area contributed by atoms with Gasteiger partial charge in [0.15, 0.2) is 5.82 Å². The zero-order valence-corrected chi connectivity index (χ0v) is 6.84. The van der Waals surface area contributed by atoms with Crippen molar-refractivity contribution in [2.75, 3.05) is 0 Å². The van der Waals surface area contributed by atoms with Gasteiger partial charge in [-0.05, 0) is 12.1 Å². The molecule has 0 aliphatic carbocycles. The second kappa shape index (κ2) is 3.40. The van der Waals surface area contributed by atoms with E-state index in [1.165, 1.54) is 6.33 Å². The van der Waals surface area contributed by atoms with Crippen LogP contribution >= 0.6 is 0 Å². The molecule has 5 nitrogen and oxygen atoms in total. The Morgan fingerprint density at radius 2 is 2.54 bits per heavy atom. The molecule has 2 rings (SSSR count). The molecule has 0 radical (unpaired) electrons. The summed E-state index contributed by atoms with van der Waals surface area (Å²) in [5.74, 6) is 1.18. The third-order valence-corrected chi connectivity index (χ3v) is 1.72. The minimum atomic E-state index is -0.686. The van der Waals surface area contributed by atoms with E-state index in [0.717, 1.165) is 5.76 Å². The molecule has 2 N–H and O–H groups in total. The third-order valence-electron chi connectivity index (χ3n) is 1.72. The molecule has 1 unspecified atom stereocenters. The topological polar surface area (TPSA) is 74.9 Å². The highest BCUT2D eigenvalue weighted by atomic mass is 16.3. The van der Waals surface area contributed by atoms with Gasteiger partial charge in [-0.15, -0.1) is 0 Å². The average Bonchev–Trinajstić information content (AvgIpc) is 2.74. The number of rotatable bonds is 3. The van der Waals surface area contributed by atoms with Gasteiger partial charge >= 0.3 is 0 Å². The van der Waals surface area contributed by atoms with Gasteiger partial charge in [-0.1, -0.05) is 0 Å². The molecule has 0 bridgehead atoms. The maximum absolute atomic E-state index is 9.59. The molecule has 0 aromatic carbocycles. The highest BCUT2D eigenvalue weighted by Crippen LogP contribution is 2.13. The van der Waals surface area contributed by atoms with Gasteiger partial charge in [0.2, 0.25) is 0 Å². The number of nitrogens with zero attached hydrogens (tertiary/aromatic N) is 2. The molecule has 0 saturated carbocycles. The first-order chi connectivity index (χ1) is 6.36. The molecule has 0 saturated heterocycles. The molecule has 5 heteroatoms. The molecule has 0 aliphatic rings. The van der Waals surface area contributed by atoms with Crippen molar-refractivity contribution in [1.82, 2.24) is 15.2 Å². The number of aliphatic hydroxyl groups is 1. The van der Waals surface area contributed by atoms with Crippen LogP contribution in [0.5, 0.6) is 0 Å². The minimum Gasteiger partial charge on any atom is -0.469 e. The number of aromatic nitrogens is 3. The summed E-state index contributed by atoms with van der Waals surface area (Å²) < 4.78 is 5.08. The van der Waals surface area contributed by atoms with Gasteiger partial charge in [0.05, 0.1) is 6.26 Å². The Morgan fingerprint density at radius 3 is 3.15 bits per heavy atom. The molecular formula is C8H9N3O2. The van der Waals surface area contributed by atoms with Crippen molar-refractivity contribution in [2.45, 2.75) is 12.5 Å². The van der Waals surface area contributed by atoms with Crippen molar-refractivity contribution in [1.29, 1.82) is 0 Å². The number of aliphatic hydroxyl groups excluding tert-OH is 1. The first-order valence-corrected chi connectivity index (χ1v) is 3.92. The SMILES string of the molecule is OC(Cc1ccco1)c1ncn[nH]1. The van der Waals surface area contributed by atoms with Crippen LogP contribution in [-0.4, -0.2) is 20.3 Å². The third kappa shape index (κ3) is 1.75. The molecule has 0 aliphatic heterocycles. The lowest BCUT2D eigenvalue weighted by molar-refractivity contribution is 0.161. The van der Waals surface area contributed by atoms with Gasteiger partial charge in [0, 0.05) is 6.42 Å². The Bertz CT molecular complexity index is 341. The second-order valence-electron chi connectivity index (χ2n) is 2.67. The minimum absolute atomic E-state index is 0.405. The van der Waals surface area contributed by atoms with E-state index in [1.54, 1.807) is 18.4 Å². The Hall–Kier alpha value is -1.62. The lowest BCUT2D eigenvalue weighted by Gasteiger charge is -2.03. The van der Waals surface area contributed by atoms with Crippen molar-refractivity contribution in [3.8, 4) is 0 Å². The van der Waals surface area contributed by atoms with Crippen molar-refractivity contribution >= 4 is 0 Å². The summed E-state index contributed by atoms with van der Waals surface area (Å²) in [6.45, 7) is 0. The summed E-state index contributed by atoms with van der Waals surface area (Å²) in [5.41, 5.74) is 0. The fourth-order valence-electron chi connectivity index (χ4n) is 1.09. The van der Waals surface area contributed by atoms with Crippen LogP contribution in [0.25, 0.3) is 0 Å². The number of hydrogen-bond donors (Lipinski definition) is 2. The van der Waals surface area contributed by atoms with E-state index < -0.39 is 6.10 Å². The van der Waals surface area contributed by atoms with Crippen molar-refractivity contribution in [2.24, 2.45) is 0 Å². The van der Waals surface area contributed by atoms with Crippen LogP contribution in [0.3, 0.4) is 0 Å². The normalized spacial score (nSPS) is 13.0. The van der Waals surface area contributed by atoms with Crippen molar-refractivity contribution < 1.29 is 9.52 Å². The fraction of sp³-hybridized carbons (Fsp3) is 0.250. The number of H-pyrrole nitrogens is 1. The molecule has 0 spiro atoms. The van der Waals surface area contributed by atoms with Crippen LogP contribution in [0, 0.1) is 0 Å². The predicted molar refractivity (Wildman–Crippen MR) is 43.8 cm³/mol. The Balaban J connectivity index is 2.04. The fourth-order valence-corrected chi connectivity index (χ4v) is 1.09. The van der Waals surface area contributed by atoms with Crippen molar-refractivity contribution in [3.05, 3.63) is 36.3 Å². The van der Waals surface area contributed by atoms with E-state index in [2.05, 4.69) is 15.2 Å². The van der Waals surface area contributed by atoms with E-state index in [4.69, 9.17) is 4.42 Å². The van der Waals surface area contributed by atoms with E-state index in [9.17, 15) is 5.11 Å². The second-order valence-corrected chi connectivity index (χ2v) is 2.67. The number of hydrogen-bond acceptors (Lipinski definition) is 4. The van der Waals surface area contributed by atoms with Crippen LogP contribution in [0.2, 0.25) is 0 Å². The maximum atomic E-state index is 9.59. The van der Waals surface area contributed by atoms with Crippen LogP contribution in [-0.2, 0) is 6.42 Å². The first kappa shape index (κ1) is 8.00. The van der Waals surface area contributed by atoms with Gasteiger partial charge in [-0.25, -0.2) is 4.98 Å². The zero-order valence-electron chi connectivity index (χ0n) is 6.84. The smallest absolute Gasteiger partial charge is 0.153 e. The summed E-state index contributed by atoms with van der Waals surface area (Å²) in [6.07, 6.45) is 2.65. The van der Waals surface area contributed by atoms with Crippen LogP contribution in [0.1, 0.15) is 17.7 Å². The van der Waals surface area contributed by atoms with Crippen LogP contribution in [0.15, 0.2) is 29.1 Å². The van der Waals surface area contributed by atoms with Gasteiger partial charge in [-0.2, -0.15) is 5.10 Å². The molecular weight excluding hydrogens is 170 g/mol. The number of nitrogens with one attached hydrogen (secondary N) is 1. The first-order valence-electron chi connectivity index (χ1n) is 3.92. The van der Waals surface area contributed by atoms with Gasteiger partial charge in [0.25, 0.3) is 0 Å². The van der Waals surface area contributed by atoms with Crippen molar-refractivity contribution in [3.63, 3.8) is 0 Å². The largest absolute Gasteiger partial charge is 0.469 e. The Labute approximate surface area is 74.4 Å². The Kier molecular flexibility index (Phi) is 2.09. The zero-order chi connectivity index (χ0) is 9.10. The highest BCUT2D eigenvalue weighted by Gasteiger charge is 2.12. The highest BCUT2D eigenvalue weighted by molar-refractivity contribution is 5.02. The molecule has 2 aromatic rings. The number of aromatic amines is 1. The predicted octanol–water partition coefficient (Wildman–Crippen LogP) is 0.674. The molecule has 2 heterocycles. The molecule has 0 fully saturated rings. The lowest BCUT2D eigenvalue weighted by Crippen LogP contribution is -2.03. The molecule has 2 aromatic heterocycles. The standard InChI is InChI=1S/C8H9N3O2/c12-7(8-9-5-10-11-8)4-6-2-1-3-13-6/h1-3,5,7,12H,4H2,(H,9,10,11). The molecule has 1 atom stereocenters. The number of furan rings is 1. The van der Waals surface area contributed by atoms with E-state index in [1.807, 2.05) is 0 Å². The summed E-state index contributed by atoms with van der Waals surface area (Å²) in [4.78, 5) is 3.84. The average molecular weight is 179 g/mol. The summed E-state index contributed by atoms with van der Waals surface area (Å²) >= 11 is 0. The lowest BCUT2D eigenvalue weighted by atomic mass is 10.2. The van der Waals surface area contributed by atoms with Crippen LogP contribution < -0.4 is 0 Å². The quantitative estimate of drug-likeness (QED) is 0.726. The monoisotopic (exact) mass is 179 g/mol. The van der Waals surface area contributed by atoms with Crippen LogP contribution in [0.4, 0.5) is 0 Å². The van der Waals surface area contributed by atoms with Gasteiger partial charge in [-0.3, -0.25) is 5.10 Å². The van der Waals surface area contributed by atoms with E-state index in [0.29, 0.717) is 12.2 Å². The summed E-state index contributed by atoms with van der Waals surface area (Å²) in [6, 6.07) is 3.59. The van der Waals surface area contributed by atoms with Gasteiger partial charge < -0.3 is 9.52 Å². The summed E-state index contributed by atoms with van der Waals surface area (Å²) in [7, 11) is 0. The molecule has 13 heavy (non-hydrogen) atoms. The maximum Gasteiger partial charge on any atom is 0.153 e. The van der Waals surface area contributed by atoms with E-state index in [-0.39, 0.29) is 0 Å². The molecule has 0 amide bonds. The Morgan fingerprint density at radius 1 is 1.62 bits per heavy atom. The molecule has 68 valence electrons. The van der Waals surface area contributed by atoms with Gasteiger partial charge in [0.1, 0.15) is 18.2 Å². The summed E-state index contributed by atoms with van der Waals surface area (Å²) in [5, 5.41) is 15.8.